The molecule has 43 heavy (non-hydrogen) atoms. The first-order chi connectivity index (χ1) is 20.4. The molecule has 6 rings (SSSR count). The summed E-state index contributed by atoms with van der Waals surface area (Å²) in [6, 6.07) is 10.2. The lowest BCUT2D eigenvalue weighted by Gasteiger charge is -2.33. The van der Waals surface area contributed by atoms with Gasteiger partial charge in [-0.25, -0.2) is 14.8 Å². The minimum atomic E-state index is -0.228. The lowest BCUT2D eigenvalue weighted by molar-refractivity contribution is 0.164. The van der Waals surface area contributed by atoms with Gasteiger partial charge in [-0.3, -0.25) is 0 Å². The van der Waals surface area contributed by atoms with Crippen molar-refractivity contribution in [3.8, 4) is 28.1 Å². The first-order valence-electron chi connectivity index (χ1n) is 14.6. The molecular formula is C33H39N7O3. The topological polar surface area (TPSA) is 112 Å². The first-order valence-corrected chi connectivity index (χ1v) is 14.6. The summed E-state index contributed by atoms with van der Waals surface area (Å²) in [4.78, 5) is 30.6. The van der Waals surface area contributed by atoms with Crippen LogP contribution in [0, 0.1) is 20.8 Å². The van der Waals surface area contributed by atoms with Crippen molar-refractivity contribution in [3.05, 3.63) is 53.2 Å². The first kappa shape index (κ1) is 28.7. The molecule has 2 aromatic carbocycles. The number of aromatic amines is 1. The van der Waals surface area contributed by atoms with Crippen molar-refractivity contribution in [2.45, 2.75) is 47.0 Å². The van der Waals surface area contributed by atoms with Crippen LogP contribution in [0.25, 0.3) is 44.3 Å². The van der Waals surface area contributed by atoms with E-state index in [9.17, 15) is 4.79 Å². The molecule has 0 bridgehead atoms. The zero-order chi connectivity index (χ0) is 30.6. The fraction of sp³-hybridized carbons (Fsp3) is 0.394. The van der Waals surface area contributed by atoms with Crippen LogP contribution in [0.4, 0.5) is 10.5 Å². The van der Waals surface area contributed by atoms with E-state index >= 15 is 0 Å². The zero-order valence-electron chi connectivity index (χ0n) is 26.2. The summed E-state index contributed by atoms with van der Waals surface area (Å²) in [5, 5.41) is 9.22. The van der Waals surface area contributed by atoms with Gasteiger partial charge in [0, 0.05) is 53.9 Å². The highest BCUT2D eigenvalue weighted by Crippen LogP contribution is 2.42. The number of nitrogens with zero attached hydrogens (tertiary/aromatic N) is 5. The number of urea groups is 1. The van der Waals surface area contributed by atoms with Crippen LogP contribution in [0.2, 0.25) is 0 Å². The average Bonchev–Trinajstić information content (AvgIpc) is 3.49. The maximum Gasteiger partial charge on any atom is 0.321 e. The second kappa shape index (κ2) is 10.7. The summed E-state index contributed by atoms with van der Waals surface area (Å²) < 4.78 is 11.3. The van der Waals surface area contributed by atoms with Crippen LogP contribution in [-0.2, 0) is 5.41 Å². The molecule has 0 radical (unpaired) electrons. The van der Waals surface area contributed by atoms with Crippen LogP contribution in [-0.4, -0.2) is 76.3 Å². The molecule has 5 aromatic rings. The lowest BCUT2D eigenvalue weighted by Crippen LogP contribution is -2.48. The van der Waals surface area contributed by atoms with Gasteiger partial charge < -0.3 is 29.4 Å². The van der Waals surface area contributed by atoms with E-state index in [2.05, 4.69) is 60.3 Å². The number of methoxy groups -OCH3 is 1. The summed E-state index contributed by atoms with van der Waals surface area (Å²) >= 11 is 0. The second-order valence-electron chi connectivity index (χ2n) is 12.5. The Morgan fingerprint density at radius 1 is 1.05 bits per heavy atom. The number of fused-ring (bicyclic) bond motifs is 3. The third-order valence-electron chi connectivity index (χ3n) is 8.32. The Morgan fingerprint density at radius 2 is 1.79 bits per heavy atom. The minimum Gasteiger partial charge on any atom is -0.496 e. The Hall–Kier alpha value is -4.44. The third kappa shape index (κ3) is 5.20. The van der Waals surface area contributed by atoms with E-state index in [-0.39, 0.29) is 11.4 Å². The molecule has 10 nitrogen and oxygen atoms in total. The fourth-order valence-electron chi connectivity index (χ4n) is 6.00. The summed E-state index contributed by atoms with van der Waals surface area (Å²) in [6.07, 6.45) is 0. The lowest BCUT2D eigenvalue weighted by atomic mass is 9.84. The summed E-state index contributed by atoms with van der Waals surface area (Å²) in [6.45, 7) is 15.4. The maximum absolute atomic E-state index is 13.2. The number of carbonyl (C=O) groups excluding carboxylic acids is 1. The number of carbonyl (C=O) groups is 1. The molecule has 10 heteroatoms. The van der Waals surface area contributed by atoms with Crippen LogP contribution in [0.1, 0.15) is 43.6 Å². The minimum absolute atomic E-state index is 0.0653. The molecule has 0 spiro atoms. The monoisotopic (exact) mass is 581 g/mol. The number of ether oxygens (including phenoxy) is 1. The molecule has 2 amide bonds. The Kier molecular flexibility index (Phi) is 7.12. The van der Waals surface area contributed by atoms with E-state index in [0.717, 1.165) is 80.1 Å². The van der Waals surface area contributed by atoms with Crippen molar-refractivity contribution in [1.82, 2.24) is 29.9 Å². The largest absolute Gasteiger partial charge is 0.496 e. The van der Waals surface area contributed by atoms with E-state index in [0.29, 0.717) is 24.7 Å². The molecule has 4 heterocycles. The summed E-state index contributed by atoms with van der Waals surface area (Å²) in [5.74, 6) is 2.11. The average molecular weight is 582 g/mol. The number of likely N-dealkylation sites (N-methyl/N-ethyl adjacent to an activating group) is 1. The van der Waals surface area contributed by atoms with Gasteiger partial charge in [-0.05, 0) is 63.1 Å². The number of amides is 2. The number of aryl methyl sites for hydroxylation is 3. The Labute approximate surface area is 251 Å². The molecule has 1 aliphatic heterocycles. The standard InChI is InChI=1S/C33H39N7O3/c1-18-28(19(2)43-38-18)23-16-26-22(17-27(23)42-8)29-30(34-20(3)35-31(29)36-26)21-9-10-25(24(15-21)33(4,5)6)37-32(41)40-13-11-39(7)12-14-40/h9-10,15-17H,11-14H2,1-8H3,(H,37,41)(H,34,35,36). The fourth-order valence-corrected chi connectivity index (χ4v) is 6.00. The smallest absolute Gasteiger partial charge is 0.321 e. The summed E-state index contributed by atoms with van der Waals surface area (Å²) in [7, 11) is 3.75. The van der Waals surface area contributed by atoms with E-state index in [4.69, 9.17) is 19.2 Å². The van der Waals surface area contributed by atoms with Crippen molar-refractivity contribution < 1.29 is 14.1 Å². The number of rotatable bonds is 4. The van der Waals surface area contributed by atoms with Crippen molar-refractivity contribution in [3.63, 3.8) is 0 Å². The predicted molar refractivity (Wildman–Crippen MR) is 170 cm³/mol. The van der Waals surface area contributed by atoms with Crippen LogP contribution in [0.3, 0.4) is 0 Å². The molecular weight excluding hydrogens is 542 g/mol. The van der Waals surface area contributed by atoms with E-state index < -0.39 is 0 Å². The molecule has 0 aliphatic carbocycles. The van der Waals surface area contributed by atoms with Gasteiger partial charge in [0.05, 0.1) is 29.4 Å². The van der Waals surface area contributed by atoms with Gasteiger partial charge >= 0.3 is 6.03 Å². The van der Waals surface area contributed by atoms with E-state index in [1.807, 2.05) is 43.9 Å². The molecule has 224 valence electrons. The Bertz CT molecular complexity index is 1840. The van der Waals surface area contributed by atoms with Crippen LogP contribution in [0.15, 0.2) is 34.9 Å². The highest BCUT2D eigenvalue weighted by atomic mass is 16.5. The maximum atomic E-state index is 13.2. The highest BCUT2D eigenvalue weighted by molar-refractivity contribution is 6.13. The number of aromatic nitrogens is 4. The summed E-state index contributed by atoms with van der Waals surface area (Å²) in [5.41, 5.74) is 7.69. The molecule has 2 N–H and O–H groups in total. The predicted octanol–water partition coefficient (Wildman–Crippen LogP) is 6.44. The highest BCUT2D eigenvalue weighted by Gasteiger charge is 2.25. The van der Waals surface area contributed by atoms with Crippen molar-refractivity contribution in [1.29, 1.82) is 0 Å². The van der Waals surface area contributed by atoms with Gasteiger partial charge in [-0.2, -0.15) is 0 Å². The molecule has 0 saturated carbocycles. The van der Waals surface area contributed by atoms with Crippen LogP contribution < -0.4 is 10.1 Å². The van der Waals surface area contributed by atoms with Gasteiger partial charge in [0.25, 0.3) is 0 Å². The van der Waals surface area contributed by atoms with Crippen molar-refractivity contribution in [2.24, 2.45) is 0 Å². The van der Waals surface area contributed by atoms with Crippen LogP contribution in [0.5, 0.6) is 5.75 Å². The number of nitrogens with one attached hydrogen (secondary N) is 2. The number of piperazine rings is 1. The molecule has 0 atom stereocenters. The van der Waals surface area contributed by atoms with E-state index in [1.165, 1.54) is 0 Å². The van der Waals surface area contributed by atoms with Crippen molar-refractivity contribution >= 4 is 33.7 Å². The molecule has 1 saturated heterocycles. The number of hydrogen-bond donors (Lipinski definition) is 2. The number of H-pyrrole nitrogens is 1. The Morgan fingerprint density at radius 3 is 2.44 bits per heavy atom. The van der Waals surface area contributed by atoms with Gasteiger partial charge in [-0.1, -0.05) is 32.0 Å². The van der Waals surface area contributed by atoms with E-state index in [1.54, 1.807) is 7.11 Å². The second-order valence-corrected chi connectivity index (χ2v) is 12.5. The van der Waals surface area contributed by atoms with Gasteiger partial charge in [0.2, 0.25) is 0 Å². The normalized spacial score (nSPS) is 14.6. The molecule has 1 aliphatic rings. The van der Waals surface area contributed by atoms with Gasteiger partial charge in [0.1, 0.15) is 23.0 Å². The van der Waals surface area contributed by atoms with Gasteiger partial charge in [-0.15, -0.1) is 0 Å². The SMILES string of the molecule is COc1cc2c(cc1-c1c(C)noc1C)[nH]c1nc(C)nc(-c3ccc(NC(=O)N4CCN(C)CC4)c(C(C)(C)C)c3)c12. The molecule has 1 fully saturated rings. The van der Waals surface area contributed by atoms with Crippen LogP contribution >= 0.6 is 0 Å². The van der Waals surface area contributed by atoms with Crippen molar-refractivity contribution in [2.75, 3.05) is 45.7 Å². The quantitative estimate of drug-likeness (QED) is 0.251. The number of hydrogen-bond acceptors (Lipinski definition) is 7. The van der Waals surface area contributed by atoms with Gasteiger partial charge in [0.15, 0.2) is 0 Å². The molecule has 0 unspecified atom stereocenters. The zero-order valence-corrected chi connectivity index (χ0v) is 26.2. The number of benzene rings is 2. The molecule has 3 aromatic heterocycles. The Balaban J connectivity index is 1.48. The number of anilines is 1. The third-order valence-corrected chi connectivity index (χ3v) is 8.32.